The summed E-state index contributed by atoms with van der Waals surface area (Å²) in [4.78, 5) is 18.5. The maximum atomic E-state index is 12.9. The van der Waals surface area contributed by atoms with Crippen molar-refractivity contribution in [3.05, 3.63) is 34.1 Å². The summed E-state index contributed by atoms with van der Waals surface area (Å²) in [5.41, 5.74) is -2.01. The molecule has 8 heteroatoms. The number of esters is 1. The third-order valence-electron chi connectivity index (χ3n) is 2.29. The van der Waals surface area contributed by atoms with Crippen LogP contribution in [0.5, 0.6) is 0 Å². The van der Waals surface area contributed by atoms with Crippen LogP contribution in [0.3, 0.4) is 0 Å². The van der Waals surface area contributed by atoms with Gasteiger partial charge in [-0.1, -0.05) is 6.07 Å². The van der Waals surface area contributed by atoms with E-state index in [9.17, 15) is 18.0 Å². The van der Waals surface area contributed by atoms with Crippen LogP contribution in [0, 0.1) is 0 Å². The Morgan fingerprint density at radius 1 is 1.32 bits per heavy atom. The molecule has 0 atom stereocenters. The zero-order valence-electron chi connectivity index (χ0n) is 9.45. The van der Waals surface area contributed by atoms with Crippen molar-refractivity contribution in [3.63, 3.8) is 0 Å². The number of alkyl halides is 3. The number of carbonyl (C=O) groups is 1. The van der Waals surface area contributed by atoms with Crippen molar-refractivity contribution in [2.45, 2.75) is 6.18 Å². The van der Waals surface area contributed by atoms with Crippen molar-refractivity contribution >= 4 is 32.9 Å². The first-order valence-electron chi connectivity index (χ1n) is 4.96. The van der Waals surface area contributed by atoms with Gasteiger partial charge in [-0.15, -0.1) is 0 Å². The molecule has 1 heterocycles. The van der Waals surface area contributed by atoms with Crippen molar-refractivity contribution in [2.24, 2.45) is 0 Å². The number of halogens is 4. The number of fused-ring (bicyclic) bond motifs is 1. The first-order valence-corrected chi connectivity index (χ1v) is 5.75. The third kappa shape index (κ3) is 2.53. The highest BCUT2D eigenvalue weighted by Gasteiger charge is 2.39. The summed E-state index contributed by atoms with van der Waals surface area (Å²) in [6.07, 6.45) is -4.79. The van der Waals surface area contributed by atoms with Crippen molar-refractivity contribution in [3.8, 4) is 0 Å². The topological polar surface area (TPSA) is 52.1 Å². The molecule has 0 amide bonds. The molecule has 1 aromatic heterocycles. The molecule has 0 unspecified atom stereocenters. The molecule has 0 saturated heterocycles. The Balaban J connectivity index is 2.82. The van der Waals surface area contributed by atoms with Gasteiger partial charge in [-0.25, -0.2) is 14.8 Å². The molecule has 2 rings (SSSR count). The second-order valence-electron chi connectivity index (χ2n) is 3.52. The van der Waals surface area contributed by atoms with Crippen LogP contribution in [-0.2, 0) is 10.9 Å². The summed E-state index contributed by atoms with van der Waals surface area (Å²) in [6.45, 7) is 0. The summed E-state index contributed by atoms with van der Waals surface area (Å²) < 4.78 is 43.3. The fourth-order valence-electron chi connectivity index (χ4n) is 1.48. The number of para-hydroxylation sites is 1. The summed E-state index contributed by atoms with van der Waals surface area (Å²) in [5.74, 6) is -1.18. The largest absolute Gasteiger partial charge is 0.464 e. The first-order chi connectivity index (χ1) is 8.84. The van der Waals surface area contributed by atoms with Crippen LogP contribution in [-0.4, -0.2) is 23.0 Å². The van der Waals surface area contributed by atoms with Gasteiger partial charge in [0.25, 0.3) is 0 Å². The standard InChI is InChI=1S/C11H6BrF3N2O2/c1-19-10(18)8-9(11(13,14)15)17-7-5(12)3-2-4-6(7)16-8/h2-4H,1H3. The summed E-state index contributed by atoms with van der Waals surface area (Å²) in [7, 11) is 0.981. The number of hydrogen-bond acceptors (Lipinski definition) is 4. The highest BCUT2D eigenvalue weighted by molar-refractivity contribution is 9.10. The van der Waals surface area contributed by atoms with Crippen LogP contribution >= 0.6 is 15.9 Å². The molecule has 0 N–H and O–H groups in total. The SMILES string of the molecule is COC(=O)c1nc2cccc(Br)c2nc1C(F)(F)F. The average Bonchev–Trinajstić information content (AvgIpc) is 2.36. The zero-order chi connectivity index (χ0) is 14.2. The number of nitrogens with zero attached hydrogens (tertiary/aromatic N) is 2. The second kappa shape index (κ2) is 4.76. The van der Waals surface area contributed by atoms with Gasteiger partial charge in [0.2, 0.25) is 0 Å². The molecule has 0 saturated carbocycles. The van der Waals surface area contributed by atoms with Gasteiger partial charge < -0.3 is 4.74 Å². The Bertz CT molecular complexity index is 658. The minimum Gasteiger partial charge on any atom is -0.464 e. The molecule has 4 nitrogen and oxygen atoms in total. The lowest BCUT2D eigenvalue weighted by atomic mass is 10.2. The van der Waals surface area contributed by atoms with Gasteiger partial charge in [0, 0.05) is 4.47 Å². The minimum atomic E-state index is -4.79. The lowest BCUT2D eigenvalue weighted by molar-refractivity contribution is -0.141. The lowest BCUT2D eigenvalue weighted by Crippen LogP contribution is -2.18. The van der Waals surface area contributed by atoms with Crippen molar-refractivity contribution in [1.29, 1.82) is 0 Å². The maximum Gasteiger partial charge on any atom is 0.435 e. The monoisotopic (exact) mass is 334 g/mol. The van der Waals surface area contributed by atoms with Crippen LogP contribution in [0.1, 0.15) is 16.2 Å². The quantitative estimate of drug-likeness (QED) is 0.751. The molecule has 19 heavy (non-hydrogen) atoms. The number of benzene rings is 1. The van der Waals surface area contributed by atoms with Crippen LogP contribution in [0.4, 0.5) is 13.2 Å². The van der Waals surface area contributed by atoms with Gasteiger partial charge in [-0.2, -0.15) is 13.2 Å². The van der Waals surface area contributed by atoms with Crippen molar-refractivity contribution < 1.29 is 22.7 Å². The molecule has 0 radical (unpaired) electrons. The van der Waals surface area contributed by atoms with Gasteiger partial charge in [-0.05, 0) is 28.1 Å². The molecule has 0 aliphatic heterocycles. The molecule has 0 fully saturated rings. The molecule has 2 aromatic rings. The van der Waals surface area contributed by atoms with Crippen LogP contribution in [0.2, 0.25) is 0 Å². The number of methoxy groups -OCH3 is 1. The Morgan fingerprint density at radius 2 is 2.00 bits per heavy atom. The van der Waals surface area contributed by atoms with Gasteiger partial charge in [0.15, 0.2) is 11.4 Å². The van der Waals surface area contributed by atoms with Gasteiger partial charge in [0.05, 0.1) is 12.6 Å². The Hall–Kier alpha value is -1.70. The van der Waals surface area contributed by atoms with Crippen LogP contribution in [0.15, 0.2) is 22.7 Å². The predicted molar refractivity (Wildman–Crippen MR) is 63.6 cm³/mol. The lowest BCUT2D eigenvalue weighted by Gasteiger charge is -2.11. The fraction of sp³-hybridized carbons (Fsp3) is 0.182. The first kappa shape index (κ1) is 13.7. The van der Waals surface area contributed by atoms with Crippen molar-refractivity contribution in [2.75, 3.05) is 7.11 Å². The van der Waals surface area contributed by atoms with E-state index in [1.54, 1.807) is 6.07 Å². The minimum absolute atomic E-state index is 0.0301. The molecule has 0 aliphatic carbocycles. The zero-order valence-corrected chi connectivity index (χ0v) is 11.0. The number of aromatic nitrogens is 2. The van der Waals surface area contributed by atoms with E-state index in [1.807, 2.05) is 0 Å². The fourth-order valence-corrected chi connectivity index (χ4v) is 1.92. The summed E-state index contributed by atoms with van der Waals surface area (Å²) >= 11 is 3.09. The summed E-state index contributed by atoms with van der Waals surface area (Å²) in [5, 5.41) is 0. The molecular formula is C11H6BrF3N2O2. The maximum absolute atomic E-state index is 12.9. The number of rotatable bonds is 1. The Kier molecular flexibility index (Phi) is 3.44. The van der Waals surface area contributed by atoms with E-state index in [0.29, 0.717) is 4.47 Å². The van der Waals surface area contributed by atoms with E-state index >= 15 is 0 Å². The van der Waals surface area contributed by atoms with Crippen molar-refractivity contribution in [1.82, 2.24) is 9.97 Å². The van der Waals surface area contributed by atoms with E-state index in [4.69, 9.17) is 0 Å². The predicted octanol–water partition coefficient (Wildman–Crippen LogP) is 3.20. The second-order valence-corrected chi connectivity index (χ2v) is 4.37. The van der Waals surface area contributed by atoms with Gasteiger partial charge in [0.1, 0.15) is 5.52 Å². The molecule has 100 valence electrons. The van der Waals surface area contributed by atoms with E-state index in [0.717, 1.165) is 7.11 Å². The molecule has 1 aromatic carbocycles. The number of carbonyl (C=O) groups excluding carboxylic acids is 1. The Labute approximate surface area is 113 Å². The summed E-state index contributed by atoms with van der Waals surface area (Å²) in [6, 6.07) is 4.57. The van der Waals surface area contributed by atoms with E-state index in [1.165, 1.54) is 12.1 Å². The normalized spacial score (nSPS) is 11.6. The molecule has 0 bridgehead atoms. The molecule has 0 spiro atoms. The Morgan fingerprint density at radius 3 is 2.58 bits per heavy atom. The van der Waals surface area contributed by atoms with Gasteiger partial charge in [-0.3, -0.25) is 0 Å². The average molecular weight is 335 g/mol. The van der Waals surface area contributed by atoms with Crippen LogP contribution < -0.4 is 0 Å². The van der Waals surface area contributed by atoms with E-state index < -0.39 is 23.5 Å². The number of hydrogen-bond donors (Lipinski definition) is 0. The van der Waals surface area contributed by atoms with Gasteiger partial charge >= 0.3 is 12.1 Å². The highest BCUT2D eigenvalue weighted by atomic mass is 79.9. The number of ether oxygens (including phenoxy) is 1. The van der Waals surface area contributed by atoms with Crippen LogP contribution in [0.25, 0.3) is 11.0 Å². The van der Waals surface area contributed by atoms with E-state index in [2.05, 4.69) is 30.6 Å². The third-order valence-corrected chi connectivity index (χ3v) is 2.93. The molecular weight excluding hydrogens is 329 g/mol. The highest BCUT2D eigenvalue weighted by Crippen LogP contribution is 2.32. The molecule has 0 aliphatic rings. The van der Waals surface area contributed by atoms with E-state index in [-0.39, 0.29) is 11.0 Å². The smallest absolute Gasteiger partial charge is 0.435 e.